The maximum atomic E-state index is 12.2. The number of hydrogen-bond acceptors (Lipinski definition) is 5. The number of unbranched alkanes of at least 4 members (excludes halogenated alkanes) is 1. The SMILES string of the molecule is CC(C)(C)OC(=O)NCCCCOCCNCc1ccc(OC(F)(F)F)c(Cl)c1. The number of rotatable bonds is 11. The Hall–Kier alpha value is -1.71. The molecule has 0 aliphatic carbocycles. The molecule has 10 heteroatoms. The molecule has 0 atom stereocenters. The van der Waals surface area contributed by atoms with Crippen molar-refractivity contribution in [3.05, 3.63) is 28.8 Å². The summed E-state index contributed by atoms with van der Waals surface area (Å²) in [6, 6.07) is 4.13. The summed E-state index contributed by atoms with van der Waals surface area (Å²) in [5.74, 6) is -0.424. The molecule has 0 heterocycles. The van der Waals surface area contributed by atoms with Crippen LogP contribution in [0.15, 0.2) is 18.2 Å². The fourth-order valence-electron chi connectivity index (χ4n) is 2.17. The van der Waals surface area contributed by atoms with E-state index in [4.69, 9.17) is 21.1 Å². The number of alkyl carbamates (subject to hydrolysis) is 1. The third-order valence-corrected chi connectivity index (χ3v) is 3.65. The van der Waals surface area contributed by atoms with Gasteiger partial charge < -0.3 is 24.8 Å². The van der Waals surface area contributed by atoms with Gasteiger partial charge in [-0.05, 0) is 51.3 Å². The highest BCUT2D eigenvalue weighted by molar-refractivity contribution is 6.32. The molecule has 0 fully saturated rings. The predicted octanol–water partition coefficient (Wildman–Crippen LogP) is 4.65. The second-order valence-electron chi connectivity index (χ2n) is 7.24. The Morgan fingerprint density at radius 1 is 1.10 bits per heavy atom. The molecule has 1 rings (SSSR count). The van der Waals surface area contributed by atoms with Gasteiger partial charge in [0.25, 0.3) is 0 Å². The molecule has 0 radical (unpaired) electrons. The van der Waals surface area contributed by atoms with Gasteiger partial charge in [0, 0.05) is 26.2 Å². The van der Waals surface area contributed by atoms with Crippen molar-refractivity contribution < 1.29 is 32.2 Å². The number of hydrogen-bond donors (Lipinski definition) is 2. The summed E-state index contributed by atoms with van der Waals surface area (Å²) < 4.78 is 51.0. The van der Waals surface area contributed by atoms with Crippen LogP contribution in [0.1, 0.15) is 39.2 Å². The summed E-state index contributed by atoms with van der Waals surface area (Å²) in [7, 11) is 0. The molecule has 1 aromatic rings. The number of amides is 1. The van der Waals surface area contributed by atoms with E-state index in [1.165, 1.54) is 18.2 Å². The van der Waals surface area contributed by atoms with Crippen molar-refractivity contribution in [1.82, 2.24) is 10.6 Å². The molecule has 166 valence electrons. The molecule has 0 bridgehead atoms. The summed E-state index contributed by atoms with van der Waals surface area (Å²) in [6.45, 7) is 8.01. The van der Waals surface area contributed by atoms with Gasteiger partial charge in [-0.15, -0.1) is 13.2 Å². The van der Waals surface area contributed by atoms with Crippen LogP contribution < -0.4 is 15.4 Å². The van der Waals surface area contributed by atoms with Gasteiger partial charge in [0.2, 0.25) is 0 Å². The standard InChI is InChI=1S/C19H28ClF3N2O4/c1-18(2,3)29-17(26)25-8-4-5-10-27-11-9-24-13-14-6-7-16(15(20)12-14)28-19(21,22)23/h6-7,12,24H,4-5,8-11,13H2,1-3H3,(H,25,26). The Morgan fingerprint density at radius 2 is 1.83 bits per heavy atom. The lowest BCUT2D eigenvalue weighted by atomic mass is 10.2. The minimum absolute atomic E-state index is 0.0992. The number of carbonyl (C=O) groups excluding carboxylic acids is 1. The second-order valence-corrected chi connectivity index (χ2v) is 7.64. The molecule has 0 aliphatic heterocycles. The number of carbonyl (C=O) groups is 1. The van der Waals surface area contributed by atoms with E-state index in [1.807, 2.05) is 0 Å². The number of ether oxygens (including phenoxy) is 3. The Morgan fingerprint density at radius 3 is 2.45 bits per heavy atom. The van der Waals surface area contributed by atoms with Crippen LogP contribution in [-0.2, 0) is 16.0 Å². The third kappa shape index (κ3) is 13.2. The lowest BCUT2D eigenvalue weighted by molar-refractivity contribution is -0.274. The highest BCUT2D eigenvalue weighted by atomic mass is 35.5. The van der Waals surface area contributed by atoms with Crippen LogP contribution in [-0.4, -0.2) is 44.4 Å². The Labute approximate surface area is 174 Å². The number of halogens is 4. The first-order valence-corrected chi connectivity index (χ1v) is 9.63. The van der Waals surface area contributed by atoms with Crippen molar-refractivity contribution in [2.45, 2.75) is 52.1 Å². The fraction of sp³-hybridized carbons (Fsp3) is 0.632. The van der Waals surface area contributed by atoms with Crippen molar-refractivity contribution in [1.29, 1.82) is 0 Å². The van der Waals surface area contributed by atoms with E-state index in [0.29, 0.717) is 32.8 Å². The molecule has 0 aliphatic rings. The first-order valence-electron chi connectivity index (χ1n) is 9.26. The summed E-state index contributed by atoms with van der Waals surface area (Å²) in [5.41, 5.74) is 0.225. The zero-order chi connectivity index (χ0) is 21.9. The highest BCUT2D eigenvalue weighted by Gasteiger charge is 2.32. The Balaban J connectivity index is 2.06. The van der Waals surface area contributed by atoms with Crippen molar-refractivity contribution in [3.63, 3.8) is 0 Å². The monoisotopic (exact) mass is 440 g/mol. The second kappa shape index (κ2) is 12.1. The van der Waals surface area contributed by atoms with Crippen LogP contribution in [0.3, 0.4) is 0 Å². The number of nitrogens with one attached hydrogen (secondary N) is 2. The molecule has 6 nitrogen and oxygen atoms in total. The topological polar surface area (TPSA) is 68.8 Å². The normalized spacial score (nSPS) is 12.0. The summed E-state index contributed by atoms with van der Waals surface area (Å²) >= 11 is 5.80. The Bertz CT molecular complexity index is 637. The van der Waals surface area contributed by atoms with E-state index in [0.717, 1.165) is 18.4 Å². The molecule has 0 unspecified atom stereocenters. The summed E-state index contributed by atoms with van der Waals surface area (Å²) in [6.07, 6.45) is -3.63. The van der Waals surface area contributed by atoms with Gasteiger partial charge in [0.15, 0.2) is 0 Å². The fourth-order valence-corrected chi connectivity index (χ4v) is 2.42. The molecule has 1 aromatic carbocycles. The first kappa shape index (κ1) is 25.3. The van der Waals surface area contributed by atoms with E-state index >= 15 is 0 Å². The quantitative estimate of drug-likeness (QED) is 0.490. The lowest BCUT2D eigenvalue weighted by Gasteiger charge is -2.19. The minimum Gasteiger partial charge on any atom is -0.444 e. The average Bonchev–Trinajstić information content (AvgIpc) is 2.56. The summed E-state index contributed by atoms with van der Waals surface area (Å²) in [4.78, 5) is 11.4. The van der Waals surface area contributed by atoms with Gasteiger partial charge in [-0.25, -0.2) is 4.79 Å². The Kier molecular flexibility index (Phi) is 10.6. The molecule has 0 saturated heterocycles. The van der Waals surface area contributed by atoms with Gasteiger partial charge in [-0.1, -0.05) is 17.7 Å². The van der Waals surface area contributed by atoms with Gasteiger partial charge in [-0.2, -0.15) is 0 Å². The molecule has 0 spiro atoms. The lowest BCUT2D eigenvalue weighted by Crippen LogP contribution is -2.33. The van der Waals surface area contributed by atoms with E-state index in [1.54, 1.807) is 20.8 Å². The van der Waals surface area contributed by atoms with Crippen LogP contribution in [0.5, 0.6) is 5.75 Å². The maximum Gasteiger partial charge on any atom is 0.573 e. The van der Waals surface area contributed by atoms with Gasteiger partial charge >= 0.3 is 12.5 Å². The molecule has 29 heavy (non-hydrogen) atoms. The smallest absolute Gasteiger partial charge is 0.444 e. The number of alkyl halides is 3. The summed E-state index contributed by atoms with van der Waals surface area (Å²) in [5, 5.41) is 5.69. The van der Waals surface area contributed by atoms with Crippen LogP contribution in [0.4, 0.5) is 18.0 Å². The molecular weight excluding hydrogens is 413 g/mol. The third-order valence-electron chi connectivity index (χ3n) is 3.36. The predicted molar refractivity (Wildman–Crippen MR) is 104 cm³/mol. The van der Waals surface area contributed by atoms with Crippen LogP contribution in [0, 0.1) is 0 Å². The van der Waals surface area contributed by atoms with Crippen LogP contribution in [0.2, 0.25) is 5.02 Å². The average molecular weight is 441 g/mol. The van der Waals surface area contributed by atoms with Crippen molar-refractivity contribution >= 4 is 17.7 Å². The van der Waals surface area contributed by atoms with E-state index in [9.17, 15) is 18.0 Å². The highest BCUT2D eigenvalue weighted by Crippen LogP contribution is 2.30. The number of benzene rings is 1. The molecule has 0 aromatic heterocycles. The van der Waals surface area contributed by atoms with E-state index < -0.39 is 23.8 Å². The van der Waals surface area contributed by atoms with Gasteiger partial charge in [-0.3, -0.25) is 0 Å². The van der Waals surface area contributed by atoms with Crippen molar-refractivity contribution in [2.24, 2.45) is 0 Å². The zero-order valence-electron chi connectivity index (χ0n) is 16.8. The van der Waals surface area contributed by atoms with Crippen LogP contribution >= 0.6 is 11.6 Å². The largest absolute Gasteiger partial charge is 0.573 e. The van der Waals surface area contributed by atoms with Crippen molar-refractivity contribution in [3.8, 4) is 5.75 Å². The minimum atomic E-state index is -4.77. The van der Waals surface area contributed by atoms with Crippen molar-refractivity contribution in [2.75, 3.05) is 26.3 Å². The molecule has 2 N–H and O–H groups in total. The molecule has 1 amide bonds. The van der Waals surface area contributed by atoms with Gasteiger partial charge in [0.05, 0.1) is 11.6 Å². The maximum absolute atomic E-state index is 12.2. The van der Waals surface area contributed by atoms with E-state index in [-0.39, 0.29) is 5.02 Å². The zero-order valence-corrected chi connectivity index (χ0v) is 17.6. The van der Waals surface area contributed by atoms with Crippen LogP contribution in [0.25, 0.3) is 0 Å². The van der Waals surface area contributed by atoms with E-state index in [2.05, 4.69) is 15.4 Å². The molecular formula is C19H28ClF3N2O4. The van der Waals surface area contributed by atoms with Gasteiger partial charge in [0.1, 0.15) is 11.4 Å². The first-order chi connectivity index (χ1) is 13.5. The molecule has 0 saturated carbocycles.